The van der Waals surface area contributed by atoms with Crippen LogP contribution in [0.2, 0.25) is 0 Å². The Balaban J connectivity index is 1.66. The number of morpholine rings is 1. The number of ether oxygens (including phenoxy) is 3. The molecule has 0 spiro atoms. The summed E-state index contributed by atoms with van der Waals surface area (Å²) in [6.45, 7) is 5.82. The van der Waals surface area contributed by atoms with Crippen molar-refractivity contribution >= 4 is 16.8 Å². The van der Waals surface area contributed by atoms with Crippen molar-refractivity contribution in [2.75, 3.05) is 39.5 Å². The van der Waals surface area contributed by atoms with E-state index in [-0.39, 0.29) is 12.0 Å². The Morgan fingerprint density at radius 2 is 1.96 bits per heavy atom. The molecule has 25 heavy (non-hydrogen) atoms. The van der Waals surface area contributed by atoms with Gasteiger partial charge in [-0.15, -0.1) is 0 Å². The van der Waals surface area contributed by atoms with Crippen LogP contribution in [0.25, 0.3) is 10.9 Å². The quantitative estimate of drug-likeness (QED) is 0.919. The smallest absolute Gasteiger partial charge is 0.256 e. The number of fused-ring (bicyclic) bond motifs is 1. The average Bonchev–Trinajstić information content (AvgIpc) is 3.06. The van der Waals surface area contributed by atoms with Gasteiger partial charge in [-0.05, 0) is 12.5 Å². The third-order valence-corrected chi connectivity index (χ3v) is 4.85. The molecule has 0 aliphatic carbocycles. The van der Waals surface area contributed by atoms with Gasteiger partial charge < -0.3 is 24.1 Å². The Morgan fingerprint density at radius 3 is 2.72 bits per heavy atom. The zero-order valence-corrected chi connectivity index (χ0v) is 14.4. The number of aromatic nitrogens is 2. The Bertz CT molecular complexity index is 761. The maximum Gasteiger partial charge on any atom is 0.256 e. The number of rotatable bonds is 3. The van der Waals surface area contributed by atoms with Gasteiger partial charge >= 0.3 is 0 Å². The highest BCUT2D eigenvalue weighted by Crippen LogP contribution is 2.30. The van der Waals surface area contributed by atoms with Crippen molar-refractivity contribution < 1.29 is 19.0 Å². The lowest BCUT2D eigenvalue weighted by molar-refractivity contribution is 0.0243. The van der Waals surface area contributed by atoms with Crippen LogP contribution in [0.5, 0.6) is 5.88 Å². The van der Waals surface area contributed by atoms with Crippen LogP contribution in [0, 0.1) is 6.92 Å². The first-order valence-corrected chi connectivity index (χ1v) is 8.82. The Morgan fingerprint density at radius 1 is 1.24 bits per heavy atom. The molecule has 4 heterocycles. The van der Waals surface area contributed by atoms with Crippen molar-refractivity contribution in [3.63, 3.8) is 0 Å². The molecule has 0 unspecified atom stereocenters. The van der Waals surface area contributed by atoms with Gasteiger partial charge in [0.05, 0.1) is 32.0 Å². The SMILES string of the molecule is Cc1c[nH]c2c(OC3CCOCC3)ncc(C(=O)N3CCOCC3)c12. The van der Waals surface area contributed by atoms with E-state index in [2.05, 4.69) is 9.97 Å². The van der Waals surface area contributed by atoms with Crippen LogP contribution in [0.3, 0.4) is 0 Å². The van der Waals surface area contributed by atoms with Gasteiger partial charge in [0, 0.05) is 43.7 Å². The van der Waals surface area contributed by atoms with Crippen molar-refractivity contribution in [2.24, 2.45) is 0 Å². The first-order chi connectivity index (χ1) is 12.2. The largest absolute Gasteiger partial charge is 0.473 e. The Labute approximate surface area is 146 Å². The zero-order valence-electron chi connectivity index (χ0n) is 14.4. The fraction of sp³-hybridized carbons (Fsp3) is 0.556. The monoisotopic (exact) mass is 345 g/mol. The molecule has 2 aliphatic rings. The summed E-state index contributed by atoms with van der Waals surface area (Å²) in [4.78, 5) is 22.4. The lowest BCUT2D eigenvalue weighted by Gasteiger charge is -2.27. The minimum atomic E-state index is 0.00103. The summed E-state index contributed by atoms with van der Waals surface area (Å²) in [5.74, 6) is 0.564. The summed E-state index contributed by atoms with van der Waals surface area (Å²) in [6.07, 6.45) is 5.37. The topological polar surface area (TPSA) is 76.7 Å². The van der Waals surface area contributed by atoms with Gasteiger partial charge in [-0.2, -0.15) is 0 Å². The minimum absolute atomic E-state index is 0.00103. The van der Waals surface area contributed by atoms with E-state index in [1.165, 1.54) is 0 Å². The second kappa shape index (κ2) is 7.01. The fourth-order valence-electron chi connectivity index (χ4n) is 3.43. The van der Waals surface area contributed by atoms with E-state index in [1.807, 2.05) is 18.0 Å². The molecule has 4 rings (SSSR count). The average molecular weight is 345 g/mol. The Kier molecular flexibility index (Phi) is 4.59. The molecule has 1 amide bonds. The standard InChI is InChI=1S/C18H23N3O4/c1-12-10-19-16-15(12)14(18(22)21-4-8-24-9-5-21)11-20-17(16)25-13-2-6-23-7-3-13/h10-11,13,19H,2-9H2,1H3. The van der Waals surface area contributed by atoms with Gasteiger partial charge in [0.2, 0.25) is 5.88 Å². The van der Waals surface area contributed by atoms with Crippen LogP contribution < -0.4 is 4.74 Å². The molecular weight excluding hydrogens is 322 g/mol. The molecule has 0 saturated carbocycles. The highest BCUT2D eigenvalue weighted by Gasteiger charge is 2.25. The molecule has 0 aromatic carbocycles. The normalized spacial score (nSPS) is 19.3. The number of pyridine rings is 1. The van der Waals surface area contributed by atoms with Crippen molar-refractivity contribution in [1.82, 2.24) is 14.9 Å². The molecule has 0 atom stereocenters. The van der Waals surface area contributed by atoms with Crippen LogP contribution in [-0.2, 0) is 9.47 Å². The van der Waals surface area contributed by atoms with Gasteiger partial charge in [0.25, 0.3) is 5.91 Å². The maximum atomic E-state index is 12.9. The van der Waals surface area contributed by atoms with Gasteiger partial charge in [-0.1, -0.05) is 0 Å². The summed E-state index contributed by atoms with van der Waals surface area (Å²) in [6, 6.07) is 0. The van der Waals surface area contributed by atoms with Crippen LogP contribution in [0.4, 0.5) is 0 Å². The first kappa shape index (κ1) is 16.4. The molecule has 2 aliphatic heterocycles. The van der Waals surface area contributed by atoms with Gasteiger partial charge in [0.1, 0.15) is 11.6 Å². The molecular formula is C18H23N3O4. The van der Waals surface area contributed by atoms with E-state index in [9.17, 15) is 4.79 Å². The third kappa shape index (κ3) is 3.21. The van der Waals surface area contributed by atoms with E-state index in [4.69, 9.17) is 14.2 Å². The molecule has 0 bridgehead atoms. The summed E-state index contributed by atoms with van der Waals surface area (Å²) >= 11 is 0. The number of hydrogen-bond donors (Lipinski definition) is 1. The number of aromatic amines is 1. The molecule has 7 heteroatoms. The van der Waals surface area contributed by atoms with Gasteiger partial charge in [-0.3, -0.25) is 4.79 Å². The number of carbonyl (C=O) groups excluding carboxylic acids is 1. The van der Waals surface area contributed by atoms with Crippen LogP contribution in [0.1, 0.15) is 28.8 Å². The number of H-pyrrole nitrogens is 1. The summed E-state index contributed by atoms with van der Waals surface area (Å²) < 4.78 is 16.8. The van der Waals surface area contributed by atoms with Crippen LogP contribution >= 0.6 is 0 Å². The van der Waals surface area contributed by atoms with Crippen molar-refractivity contribution in [2.45, 2.75) is 25.9 Å². The molecule has 7 nitrogen and oxygen atoms in total. The van der Waals surface area contributed by atoms with Gasteiger partial charge in [0.15, 0.2) is 0 Å². The Hall–Kier alpha value is -2.12. The number of nitrogens with one attached hydrogen (secondary N) is 1. The molecule has 2 saturated heterocycles. The van der Waals surface area contributed by atoms with E-state index in [1.54, 1.807) is 6.20 Å². The predicted molar refractivity (Wildman–Crippen MR) is 92.0 cm³/mol. The zero-order chi connectivity index (χ0) is 17.2. The summed E-state index contributed by atoms with van der Waals surface area (Å²) in [7, 11) is 0. The second-order valence-corrected chi connectivity index (χ2v) is 6.53. The number of nitrogens with zero attached hydrogens (tertiary/aromatic N) is 2. The summed E-state index contributed by atoms with van der Waals surface area (Å²) in [5.41, 5.74) is 2.43. The fourth-order valence-corrected chi connectivity index (χ4v) is 3.43. The molecule has 2 fully saturated rings. The minimum Gasteiger partial charge on any atom is -0.473 e. The molecule has 1 N–H and O–H groups in total. The lowest BCUT2D eigenvalue weighted by Crippen LogP contribution is -2.40. The molecule has 2 aromatic rings. The number of hydrogen-bond acceptors (Lipinski definition) is 5. The van der Waals surface area contributed by atoms with Crippen LogP contribution in [0.15, 0.2) is 12.4 Å². The van der Waals surface area contributed by atoms with Crippen molar-refractivity contribution in [1.29, 1.82) is 0 Å². The van der Waals surface area contributed by atoms with E-state index in [0.717, 1.165) is 29.3 Å². The maximum absolute atomic E-state index is 12.9. The number of aryl methyl sites for hydroxylation is 1. The van der Waals surface area contributed by atoms with E-state index in [0.29, 0.717) is 51.0 Å². The second-order valence-electron chi connectivity index (χ2n) is 6.53. The van der Waals surface area contributed by atoms with Crippen molar-refractivity contribution in [3.05, 3.63) is 23.5 Å². The lowest BCUT2D eigenvalue weighted by atomic mass is 10.1. The molecule has 134 valence electrons. The third-order valence-electron chi connectivity index (χ3n) is 4.85. The summed E-state index contributed by atoms with van der Waals surface area (Å²) in [5, 5.41) is 0.897. The van der Waals surface area contributed by atoms with Crippen LogP contribution in [-0.4, -0.2) is 66.4 Å². The predicted octanol–water partition coefficient (Wildman–Crippen LogP) is 1.90. The van der Waals surface area contributed by atoms with Gasteiger partial charge in [-0.25, -0.2) is 4.98 Å². The highest BCUT2D eigenvalue weighted by atomic mass is 16.5. The first-order valence-electron chi connectivity index (χ1n) is 8.82. The van der Waals surface area contributed by atoms with E-state index >= 15 is 0 Å². The molecule has 0 radical (unpaired) electrons. The van der Waals surface area contributed by atoms with Crippen molar-refractivity contribution in [3.8, 4) is 5.88 Å². The molecule has 2 aromatic heterocycles. The highest BCUT2D eigenvalue weighted by molar-refractivity contribution is 6.08. The number of carbonyl (C=O) groups is 1. The van der Waals surface area contributed by atoms with E-state index < -0.39 is 0 Å². The number of amides is 1.